The maximum absolute atomic E-state index is 12.1. The first-order valence-corrected chi connectivity index (χ1v) is 8.44. The Balaban J connectivity index is 2.05. The van der Waals surface area contributed by atoms with Gasteiger partial charge in [0, 0.05) is 12.6 Å². The highest BCUT2D eigenvalue weighted by Gasteiger charge is 2.28. The smallest absolute Gasteiger partial charge is 0.225 e. The quantitative estimate of drug-likeness (QED) is 0.710. The van der Waals surface area contributed by atoms with Crippen LogP contribution in [0.25, 0.3) is 0 Å². The molecule has 0 aliphatic heterocycles. The van der Waals surface area contributed by atoms with Crippen LogP contribution in [0.4, 0.5) is 5.69 Å². The Morgan fingerprint density at radius 1 is 1.15 bits per heavy atom. The van der Waals surface area contributed by atoms with Crippen LogP contribution in [0.2, 0.25) is 0 Å². The summed E-state index contributed by atoms with van der Waals surface area (Å²) >= 11 is 0. The largest absolute Gasteiger partial charge is 0.497 e. The predicted molar refractivity (Wildman–Crippen MR) is 101 cm³/mol. The minimum absolute atomic E-state index is 0.0374. The van der Waals surface area contributed by atoms with Crippen molar-refractivity contribution in [3.8, 4) is 11.5 Å². The zero-order valence-electron chi connectivity index (χ0n) is 15.6. The average Bonchev–Trinajstić information content (AvgIpc) is 2.61. The molecule has 0 fully saturated rings. The van der Waals surface area contributed by atoms with Gasteiger partial charge in [-0.05, 0) is 50.2 Å². The summed E-state index contributed by atoms with van der Waals surface area (Å²) in [5, 5.41) is 13.7. The molecule has 2 aromatic rings. The van der Waals surface area contributed by atoms with E-state index < -0.39 is 11.9 Å². The number of aliphatic hydroxyl groups is 1. The molecule has 0 heterocycles. The number of carbonyl (C=O) groups excluding carboxylic acids is 1. The lowest BCUT2D eigenvalue weighted by Gasteiger charge is -2.35. The number of carbonyl (C=O) groups is 1. The number of ether oxygens (including phenoxy) is 2. The highest BCUT2D eigenvalue weighted by molar-refractivity contribution is 5.92. The van der Waals surface area contributed by atoms with Crippen molar-refractivity contribution in [1.82, 2.24) is 5.32 Å². The van der Waals surface area contributed by atoms with E-state index in [0.29, 0.717) is 17.2 Å². The summed E-state index contributed by atoms with van der Waals surface area (Å²) in [7, 11) is 1.59. The monoisotopic (exact) mass is 358 g/mol. The van der Waals surface area contributed by atoms with Gasteiger partial charge >= 0.3 is 0 Å². The van der Waals surface area contributed by atoms with E-state index >= 15 is 0 Å². The molecule has 0 aliphatic carbocycles. The molecule has 0 bridgehead atoms. The van der Waals surface area contributed by atoms with Gasteiger partial charge in [0.2, 0.25) is 5.91 Å². The van der Waals surface area contributed by atoms with Crippen LogP contribution < -0.4 is 19.7 Å². The molecular formula is C20H26N2O4. The van der Waals surface area contributed by atoms with Crippen LogP contribution in [0.1, 0.15) is 20.8 Å². The summed E-state index contributed by atoms with van der Waals surface area (Å²) in [6.45, 7) is 4.94. The fourth-order valence-electron chi connectivity index (χ4n) is 2.72. The molecule has 0 saturated heterocycles. The number of anilines is 1. The Morgan fingerprint density at radius 2 is 1.77 bits per heavy atom. The van der Waals surface area contributed by atoms with Crippen molar-refractivity contribution in [3.05, 3.63) is 54.6 Å². The van der Waals surface area contributed by atoms with Gasteiger partial charge in [-0.3, -0.25) is 15.0 Å². The van der Waals surface area contributed by atoms with Crippen molar-refractivity contribution in [2.24, 2.45) is 0 Å². The van der Waals surface area contributed by atoms with Crippen molar-refractivity contribution in [2.75, 3.05) is 18.6 Å². The van der Waals surface area contributed by atoms with Gasteiger partial charge in [0.15, 0.2) is 0 Å². The van der Waals surface area contributed by atoms with Crippen molar-refractivity contribution in [2.45, 2.75) is 32.7 Å². The van der Waals surface area contributed by atoms with Crippen LogP contribution in [-0.4, -0.2) is 36.6 Å². The zero-order valence-corrected chi connectivity index (χ0v) is 15.6. The minimum atomic E-state index is -1.32. The van der Waals surface area contributed by atoms with E-state index in [1.54, 1.807) is 43.2 Å². The number of hydrogen-bond acceptors (Lipinski definition) is 5. The molecule has 2 aromatic carbocycles. The maximum Gasteiger partial charge on any atom is 0.225 e. The molecule has 2 atom stereocenters. The van der Waals surface area contributed by atoms with E-state index in [2.05, 4.69) is 5.32 Å². The first-order chi connectivity index (χ1) is 12.3. The molecule has 0 radical (unpaired) electrons. The number of rotatable bonds is 8. The third kappa shape index (κ3) is 5.47. The first kappa shape index (κ1) is 19.8. The fourth-order valence-corrected chi connectivity index (χ4v) is 2.72. The summed E-state index contributed by atoms with van der Waals surface area (Å²) in [5.41, 5.74) is -0.617. The van der Waals surface area contributed by atoms with Crippen molar-refractivity contribution >= 4 is 11.6 Å². The molecule has 1 amide bonds. The average molecular weight is 358 g/mol. The highest BCUT2D eigenvalue weighted by Crippen LogP contribution is 2.21. The van der Waals surface area contributed by atoms with Crippen LogP contribution >= 0.6 is 0 Å². The number of amides is 1. The van der Waals surface area contributed by atoms with Crippen LogP contribution in [-0.2, 0) is 4.79 Å². The first-order valence-electron chi connectivity index (χ1n) is 8.44. The Labute approximate surface area is 154 Å². The molecule has 2 N–H and O–H groups in total. The third-order valence-electron chi connectivity index (χ3n) is 3.86. The van der Waals surface area contributed by atoms with Crippen LogP contribution in [0.3, 0.4) is 0 Å². The fraction of sp³-hybridized carbons (Fsp3) is 0.350. The Bertz CT molecular complexity index is 702. The number of nitrogens with one attached hydrogen (secondary N) is 1. The number of hydrogen-bond donors (Lipinski definition) is 2. The van der Waals surface area contributed by atoms with Gasteiger partial charge < -0.3 is 14.6 Å². The van der Waals surface area contributed by atoms with E-state index in [-0.39, 0.29) is 12.5 Å². The van der Waals surface area contributed by atoms with Gasteiger partial charge in [-0.2, -0.15) is 0 Å². The lowest BCUT2D eigenvalue weighted by Crippen LogP contribution is -2.58. The van der Waals surface area contributed by atoms with Crippen molar-refractivity contribution in [1.29, 1.82) is 0 Å². The highest BCUT2D eigenvalue weighted by atomic mass is 16.5. The zero-order chi connectivity index (χ0) is 19.2. The standard InChI is InChI=1S/C20H26N2O4/c1-15(21-20(3,24)14-26-19-8-6-5-7-9-19)22(16(2)23)17-10-12-18(25-4)13-11-17/h5-13,15,21,24H,14H2,1-4H3. The van der Waals surface area contributed by atoms with Gasteiger partial charge in [-0.15, -0.1) is 0 Å². The second kappa shape index (κ2) is 8.69. The lowest BCUT2D eigenvalue weighted by molar-refractivity contribution is -0.117. The predicted octanol–water partition coefficient (Wildman–Crippen LogP) is 2.77. The molecule has 0 saturated carbocycles. The third-order valence-corrected chi connectivity index (χ3v) is 3.86. The summed E-state index contributed by atoms with van der Waals surface area (Å²) in [6.07, 6.45) is -0.449. The Hall–Kier alpha value is -2.57. The summed E-state index contributed by atoms with van der Waals surface area (Å²) in [5.74, 6) is 1.23. The van der Waals surface area contributed by atoms with Gasteiger partial charge in [0.25, 0.3) is 0 Å². The molecule has 2 unspecified atom stereocenters. The molecule has 6 heteroatoms. The van der Waals surface area contributed by atoms with E-state index in [4.69, 9.17) is 9.47 Å². The van der Waals surface area contributed by atoms with Crippen LogP contribution in [0, 0.1) is 0 Å². The molecule has 2 rings (SSSR count). The minimum Gasteiger partial charge on any atom is -0.497 e. The molecule has 140 valence electrons. The van der Waals surface area contributed by atoms with Gasteiger partial charge in [-0.25, -0.2) is 0 Å². The Morgan fingerprint density at radius 3 is 2.31 bits per heavy atom. The van der Waals surface area contributed by atoms with Gasteiger partial charge in [0.05, 0.1) is 13.3 Å². The second-order valence-corrected chi connectivity index (χ2v) is 6.28. The van der Waals surface area contributed by atoms with Gasteiger partial charge in [0.1, 0.15) is 23.8 Å². The normalized spacial score (nSPS) is 14.2. The molecule has 26 heavy (non-hydrogen) atoms. The SMILES string of the molecule is COc1ccc(N(C(C)=O)C(C)NC(C)(O)COc2ccccc2)cc1. The second-order valence-electron chi connectivity index (χ2n) is 6.28. The van der Waals surface area contributed by atoms with Crippen molar-refractivity contribution in [3.63, 3.8) is 0 Å². The molecule has 0 aliphatic rings. The Kier molecular flexibility index (Phi) is 6.60. The van der Waals surface area contributed by atoms with Crippen LogP contribution in [0.5, 0.6) is 11.5 Å². The number of methoxy groups -OCH3 is 1. The lowest BCUT2D eigenvalue weighted by atomic mass is 10.2. The number of benzene rings is 2. The van der Waals surface area contributed by atoms with Crippen LogP contribution in [0.15, 0.2) is 54.6 Å². The number of para-hydroxylation sites is 1. The molecular weight excluding hydrogens is 332 g/mol. The van der Waals surface area contributed by atoms with E-state index in [9.17, 15) is 9.90 Å². The summed E-state index contributed by atoms with van der Waals surface area (Å²) < 4.78 is 10.8. The molecule has 0 aromatic heterocycles. The van der Waals surface area contributed by atoms with Crippen molar-refractivity contribution < 1.29 is 19.4 Å². The van der Waals surface area contributed by atoms with E-state index in [0.717, 1.165) is 0 Å². The summed E-state index contributed by atoms with van der Waals surface area (Å²) in [4.78, 5) is 13.7. The molecule has 6 nitrogen and oxygen atoms in total. The van der Waals surface area contributed by atoms with E-state index in [1.807, 2.05) is 37.3 Å². The van der Waals surface area contributed by atoms with Gasteiger partial charge in [-0.1, -0.05) is 18.2 Å². The topological polar surface area (TPSA) is 71.0 Å². The maximum atomic E-state index is 12.1. The number of nitrogens with zero attached hydrogens (tertiary/aromatic N) is 1. The molecule has 0 spiro atoms. The van der Waals surface area contributed by atoms with E-state index in [1.165, 1.54) is 6.92 Å². The summed E-state index contributed by atoms with van der Waals surface area (Å²) in [6, 6.07) is 16.4.